The third-order valence-electron chi connectivity index (χ3n) is 9.20. The van der Waals surface area contributed by atoms with E-state index in [0.29, 0.717) is 41.1 Å². The lowest BCUT2D eigenvalue weighted by molar-refractivity contribution is -0.118. The number of ether oxygens (including phenoxy) is 1. The first-order valence-electron chi connectivity index (χ1n) is 16.3. The fourth-order valence-corrected chi connectivity index (χ4v) is 6.44. The Morgan fingerprint density at radius 2 is 1.83 bits per heavy atom. The molecular formula is C35H41FN6O5. The molecule has 1 aliphatic carbocycles. The molecule has 47 heavy (non-hydrogen) atoms. The Kier molecular flexibility index (Phi) is 8.99. The maximum absolute atomic E-state index is 14.4. The monoisotopic (exact) mass is 644 g/mol. The lowest BCUT2D eigenvalue weighted by atomic mass is 9.91. The number of halogens is 1. The molecule has 1 saturated carbocycles. The molecule has 1 unspecified atom stereocenters. The molecule has 11 nitrogen and oxygen atoms in total. The summed E-state index contributed by atoms with van der Waals surface area (Å²) < 4.78 is 28.7. The molecule has 1 fully saturated rings. The van der Waals surface area contributed by atoms with Gasteiger partial charge in [0, 0.05) is 23.6 Å². The first-order chi connectivity index (χ1) is 22.4. The molecule has 1 aliphatic rings. The number of benzene rings is 2. The summed E-state index contributed by atoms with van der Waals surface area (Å²) in [4.78, 5) is 33.2. The van der Waals surface area contributed by atoms with Crippen molar-refractivity contribution in [2.45, 2.75) is 103 Å². The molecule has 0 spiro atoms. The lowest BCUT2D eigenvalue weighted by Gasteiger charge is -2.35. The number of nitrogens with zero attached hydrogens (tertiary/aromatic N) is 5. The highest BCUT2D eigenvalue weighted by atomic mass is 19.1. The molecule has 3 heterocycles. The molecule has 0 radical (unpaired) electrons. The van der Waals surface area contributed by atoms with Gasteiger partial charge in [0.25, 0.3) is 5.56 Å². The summed E-state index contributed by atoms with van der Waals surface area (Å²) in [5.74, 6) is 0.130. The van der Waals surface area contributed by atoms with Gasteiger partial charge in [0.15, 0.2) is 5.82 Å². The van der Waals surface area contributed by atoms with Crippen LogP contribution in [0.1, 0.15) is 88.5 Å². The number of aliphatic hydroxyl groups is 1. The second-order valence-electron chi connectivity index (χ2n) is 13.1. The van der Waals surface area contributed by atoms with Gasteiger partial charge >= 0.3 is 5.76 Å². The van der Waals surface area contributed by atoms with E-state index in [2.05, 4.69) is 21.6 Å². The summed E-state index contributed by atoms with van der Waals surface area (Å²) in [5.41, 5.74) is 3.36. The fourth-order valence-electron chi connectivity index (χ4n) is 6.44. The van der Waals surface area contributed by atoms with Crippen molar-refractivity contribution < 1.29 is 18.8 Å². The van der Waals surface area contributed by atoms with Gasteiger partial charge in [0.2, 0.25) is 5.78 Å². The van der Waals surface area contributed by atoms with E-state index in [1.54, 1.807) is 19.9 Å². The largest absolute Gasteiger partial charge is 0.439 e. The Hall–Kier alpha value is -4.42. The number of aromatic nitrogens is 6. The van der Waals surface area contributed by atoms with Gasteiger partial charge in [-0.05, 0) is 88.6 Å². The van der Waals surface area contributed by atoms with E-state index in [9.17, 15) is 19.1 Å². The highest BCUT2D eigenvalue weighted by Gasteiger charge is 2.32. The summed E-state index contributed by atoms with van der Waals surface area (Å²) in [6, 6.07) is 12.0. The second kappa shape index (κ2) is 13.0. The van der Waals surface area contributed by atoms with Gasteiger partial charge in [-0.1, -0.05) is 48.8 Å². The standard InChI is InChI=1S/C35H41FN6O5/c1-6-7-30-29(18-22-8-10-23(11-9-22)27-17-12-24(36)19-28(27)31-38-34(44)47-40-31)32(43)41(33-37-21(3)39-42(30)33)25-13-15-26(16-14-25)46-20(2)35(4,5)45/h8-12,17,19-20,25-26,45H,6-7,13-16,18H2,1-5H3,(H,38,40,44). The van der Waals surface area contributed by atoms with Crippen molar-refractivity contribution in [3.05, 3.63) is 91.8 Å². The average Bonchev–Trinajstić information content (AvgIpc) is 3.64. The summed E-state index contributed by atoms with van der Waals surface area (Å²) in [5, 5.41) is 18.8. The number of aryl methyl sites for hydroxylation is 2. The molecule has 0 amide bonds. The van der Waals surface area contributed by atoms with Crippen molar-refractivity contribution in [3.8, 4) is 22.5 Å². The molecule has 6 rings (SSSR count). The van der Waals surface area contributed by atoms with Crippen LogP contribution in [0.25, 0.3) is 28.3 Å². The second-order valence-corrected chi connectivity index (χ2v) is 13.1. The summed E-state index contributed by atoms with van der Waals surface area (Å²) in [6.45, 7) is 9.32. The zero-order valence-corrected chi connectivity index (χ0v) is 27.4. The molecular weight excluding hydrogens is 603 g/mol. The van der Waals surface area contributed by atoms with Crippen LogP contribution < -0.4 is 11.3 Å². The third kappa shape index (κ3) is 6.70. The molecule has 248 valence electrons. The van der Waals surface area contributed by atoms with Gasteiger partial charge in [0.05, 0.1) is 23.5 Å². The highest BCUT2D eigenvalue weighted by Crippen LogP contribution is 2.34. The van der Waals surface area contributed by atoms with Crippen LogP contribution in [0, 0.1) is 12.7 Å². The Balaban J connectivity index is 1.33. The maximum Gasteiger partial charge on any atom is 0.439 e. The fraction of sp³-hybridized carbons (Fsp3) is 0.457. The molecule has 0 bridgehead atoms. The predicted octanol–water partition coefficient (Wildman–Crippen LogP) is 5.55. The van der Waals surface area contributed by atoms with E-state index >= 15 is 0 Å². The molecule has 0 saturated heterocycles. The van der Waals surface area contributed by atoms with Gasteiger partial charge in [-0.15, -0.1) is 0 Å². The average molecular weight is 645 g/mol. The van der Waals surface area contributed by atoms with E-state index < -0.39 is 17.2 Å². The number of nitrogens with one attached hydrogen (secondary N) is 1. The van der Waals surface area contributed by atoms with Crippen LogP contribution in [0.3, 0.4) is 0 Å². The van der Waals surface area contributed by atoms with Gasteiger partial charge in [-0.3, -0.25) is 18.9 Å². The SMILES string of the molecule is CCCc1c(Cc2ccc(-c3ccc(F)cc3-c3noc(=O)[nH]3)cc2)c(=O)n(C2CCC(OC(C)C(C)(C)O)CC2)c2nc(C)nn12. The van der Waals surface area contributed by atoms with E-state index in [0.717, 1.165) is 48.9 Å². The minimum absolute atomic E-state index is 0.0162. The van der Waals surface area contributed by atoms with Crippen LogP contribution in [0.15, 0.2) is 56.6 Å². The smallest absolute Gasteiger partial charge is 0.388 e. The van der Waals surface area contributed by atoms with Crippen molar-refractivity contribution in [1.29, 1.82) is 0 Å². The highest BCUT2D eigenvalue weighted by molar-refractivity contribution is 5.80. The summed E-state index contributed by atoms with van der Waals surface area (Å²) in [7, 11) is 0. The molecule has 3 aromatic heterocycles. The molecule has 1 atom stereocenters. The molecule has 2 N–H and O–H groups in total. The van der Waals surface area contributed by atoms with Gasteiger partial charge in [0.1, 0.15) is 11.6 Å². The van der Waals surface area contributed by atoms with Crippen molar-refractivity contribution in [2.75, 3.05) is 0 Å². The van der Waals surface area contributed by atoms with E-state index in [4.69, 9.17) is 14.8 Å². The van der Waals surface area contributed by atoms with Crippen molar-refractivity contribution in [1.82, 2.24) is 29.3 Å². The molecule has 2 aromatic carbocycles. The minimum Gasteiger partial charge on any atom is -0.388 e. The quantitative estimate of drug-likeness (QED) is 0.202. The van der Waals surface area contributed by atoms with Crippen LogP contribution in [0.5, 0.6) is 0 Å². The maximum atomic E-state index is 14.4. The summed E-state index contributed by atoms with van der Waals surface area (Å²) >= 11 is 0. The number of hydrogen-bond acceptors (Lipinski definition) is 8. The zero-order chi connectivity index (χ0) is 33.5. The van der Waals surface area contributed by atoms with Crippen LogP contribution >= 0.6 is 0 Å². The topological polar surface area (TPSA) is 141 Å². The number of aromatic amines is 1. The van der Waals surface area contributed by atoms with Crippen molar-refractivity contribution in [3.63, 3.8) is 0 Å². The van der Waals surface area contributed by atoms with Gasteiger partial charge < -0.3 is 9.84 Å². The lowest BCUT2D eigenvalue weighted by Crippen LogP contribution is -2.40. The van der Waals surface area contributed by atoms with Crippen LogP contribution in [-0.2, 0) is 17.6 Å². The van der Waals surface area contributed by atoms with Crippen LogP contribution in [0.2, 0.25) is 0 Å². The normalized spacial score (nSPS) is 17.8. The van der Waals surface area contributed by atoms with Crippen LogP contribution in [-0.4, -0.2) is 52.2 Å². The predicted molar refractivity (Wildman–Crippen MR) is 175 cm³/mol. The van der Waals surface area contributed by atoms with Crippen molar-refractivity contribution >= 4 is 5.78 Å². The first kappa shape index (κ1) is 32.5. The van der Waals surface area contributed by atoms with E-state index in [-0.39, 0.29) is 29.6 Å². The zero-order valence-electron chi connectivity index (χ0n) is 27.4. The number of fused-ring (bicyclic) bond motifs is 1. The Labute approximate surface area is 271 Å². The van der Waals surface area contributed by atoms with Gasteiger partial charge in [-0.25, -0.2) is 13.7 Å². The number of rotatable bonds is 10. The van der Waals surface area contributed by atoms with Crippen LogP contribution in [0.4, 0.5) is 4.39 Å². The minimum atomic E-state index is -0.931. The first-order valence-corrected chi connectivity index (χ1v) is 16.3. The van der Waals surface area contributed by atoms with E-state index in [1.807, 2.05) is 47.2 Å². The van der Waals surface area contributed by atoms with Gasteiger partial charge in [-0.2, -0.15) is 10.1 Å². The molecule has 5 aromatic rings. The molecule has 0 aliphatic heterocycles. The molecule has 12 heteroatoms. The Bertz CT molecular complexity index is 1990. The number of hydrogen-bond donors (Lipinski definition) is 2. The number of H-pyrrole nitrogens is 1. The third-order valence-corrected chi connectivity index (χ3v) is 9.20. The Morgan fingerprint density at radius 1 is 1.11 bits per heavy atom. The summed E-state index contributed by atoms with van der Waals surface area (Å²) in [6.07, 6.45) is 4.68. The van der Waals surface area contributed by atoms with E-state index in [1.165, 1.54) is 12.1 Å². The Morgan fingerprint density at radius 3 is 2.47 bits per heavy atom. The van der Waals surface area contributed by atoms with Crippen molar-refractivity contribution in [2.24, 2.45) is 0 Å².